The van der Waals surface area contributed by atoms with Crippen LogP contribution in [0.3, 0.4) is 0 Å². The number of benzene rings is 3. The van der Waals surface area contributed by atoms with Gasteiger partial charge < -0.3 is 25.8 Å². The number of esters is 1. The van der Waals surface area contributed by atoms with Crippen molar-refractivity contribution < 1.29 is 19.1 Å². The quantitative estimate of drug-likeness (QED) is 0.369. The Kier molecular flexibility index (Phi) is 6.13. The number of carbonyl (C=O) groups excluding carboxylic acids is 2. The van der Waals surface area contributed by atoms with Gasteiger partial charge in [-0.2, -0.15) is 0 Å². The van der Waals surface area contributed by atoms with Crippen molar-refractivity contribution in [3.05, 3.63) is 89.0 Å². The first kappa shape index (κ1) is 23.1. The molecule has 0 aromatic heterocycles. The summed E-state index contributed by atoms with van der Waals surface area (Å²) in [7, 11) is 2.92. The van der Waals surface area contributed by atoms with Crippen molar-refractivity contribution in [3.8, 4) is 5.75 Å². The lowest BCUT2D eigenvalue weighted by atomic mass is 9.94. The average Bonchev–Trinajstić information content (AvgIpc) is 3.16. The number of hydrogen-bond acceptors (Lipinski definition) is 6. The van der Waals surface area contributed by atoms with Crippen LogP contribution in [0.4, 0.5) is 11.4 Å². The van der Waals surface area contributed by atoms with Gasteiger partial charge in [0.2, 0.25) is 0 Å². The molecule has 7 nitrogen and oxygen atoms in total. The Morgan fingerprint density at radius 2 is 1.71 bits per heavy atom. The number of nitrogens with two attached hydrogens (primary N) is 1. The van der Waals surface area contributed by atoms with Gasteiger partial charge in [-0.3, -0.25) is 4.79 Å². The van der Waals surface area contributed by atoms with Crippen LogP contribution in [0.15, 0.2) is 66.7 Å². The van der Waals surface area contributed by atoms with Crippen molar-refractivity contribution >= 4 is 34.5 Å². The van der Waals surface area contributed by atoms with Crippen LogP contribution in [0.25, 0.3) is 11.3 Å². The number of rotatable bonds is 6. The lowest BCUT2D eigenvalue weighted by molar-refractivity contribution is -0.110. The summed E-state index contributed by atoms with van der Waals surface area (Å²) in [6.07, 6.45) is 0. The molecule has 34 heavy (non-hydrogen) atoms. The van der Waals surface area contributed by atoms with Gasteiger partial charge in [0.15, 0.2) is 0 Å². The maximum atomic E-state index is 13.1. The molecule has 3 aromatic carbocycles. The van der Waals surface area contributed by atoms with E-state index >= 15 is 0 Å². The van der Waals surface area contributed by atoms with Crippen LogP contribution in [0.5, 0.6) is 5.75 Å². The third kappa shape index (κ3) is 4.38. The molecule has 0 saturated heterocycles. The smallest absolute Gasteiger partial charge is 0.337 e. The summed E-state index contributed by atoms with van der Waals surface area (Å²) in [6, 6.07) is 20.3. The van der Waals surface area contributed by atoms with Crippen LogP contribution in [-0.2, 0) is 15.1 Å². The van der Waals surface area contributed by atoms with Crippen molar-refractivity contribution in [1.82, 2.24) is 0 Å². The van der Waals surface area contributed by atoms with Crippen molar-refractivity contribution in [2.45, 2.75) is 19.4 Å². The second-order valence-electron chi connectivity index (χ2n) is 8.58. The average molecular weight is 458 g/mol. The third-order valence-electron chi connectivity index (χ3n) is 5.66. The predicted octanol–water partition coefficient (Wildman–Crippen LogP) is 4.61. The minimum absolute atomic E-state index is 0.268. The fourth-order valence-electron chi connectivity index (χ4n) is 4.00. The van der Waals surface area contributed by atoms with Gasteiger partial charge in [0, 0.05) is 28.4 Å². The molecular weight excluding hydrogens is 430 g/mol. The number of carbonyl (C=O) groups is 2. The van der Waals surface area contributed by atoms with Gasteiger partial charge >= 0.3 is 5.97 Å². The van der Waals surface area contributed by atoms with Crippen LogP contribution in [0.2, 0.25) is 0 Å². The molecule has 0 unspecified atom stereocenters. The van der Waals surface area contributed by atoms with E-state index < -0.39 is 11.5 Å². The van der Waals surface area contributed by atoms with Crippen LogP contribution >= 0.6 is 0 Å². The van der Waals surface area contributed by atoms with Gasteiger partial charge in [0.05, 0.1) is 36.7 Å². The maximum Gasteiger partial charge on any atom is 0.337 e. The van der Waals surface area contributed by atoms with Gasteiger partial charge in [-0.25, -0.2) is 4.79 Å². The Hall–Kier alpha value is -4.10. The highest BCUT2D eigenvalue weighted by atomic mass is 16.5. The van der Waals surface area contributed by atoms with E-state index in [1.807, 2.05) is 62.4 Å². The van der Waals surface area contributed by atoms with Crippen LogP contribution < -0.4 is 21.1 Å². The molecule has 0 aliphatic carbocycles. The normalized spacial score (nSPS) is 14.2. The van der Waals surface area contributed by atoms with Gasteiger partial charge in [-0.15, -0.1) is 0 Å². The van der Waals surface area contributed by atoms with E-state index in [4.69, 9.17) is 15.2 Å². The first-order valence-electron chi connectivity index (χ1n) is 10.8. The lowest BCUT2D eigenvalue weighted by Crippen LogP contribution is -2.29. The van der Waals surface area contributed by atoms with Crippen LogP contribution in [-0.4, -0.2) is 26.1 Å². The number of fused-ring (bicyclic) bond motifs is 1. The van der Waals surface area contributed by atoms with Crippen molar-refractivity contribution in [3.63, 3.8) is 0 Å². The minimum atomic E-state index is -0.577. The summed E-state index contributed by atoms with van der Waals surface area (Å²) < 4.78 is 10.4. The molecule has 0 atom stereocenters. The molecule has 0 spiro atoms. The summed E-state index contributed by atoms with van der Waals surface area (Å²) in [5, 5.41) is 6.29. The first-order chi connectivity index (χ1) is 16.2. The lowest BCUT2D eigenvalue weighted by Gasteiger charge is -2.23. The Balaban J connectivity index is 1.85. The second kappa shape index (κ2) is 9.03. The number of ether oxygens (including phenoxy) is 2. The predicted molar refractivity (Wildman–Crippen MR) is 133 cm³/mol. The number of methoxy groups -OCH3 is 2. The number of nitrogens with one attached hydrogen (secondary N) is 2. The number of anilines is 2. The van der Waals surface area contributed by atoms with Crippen molar-refractivity contribution in [2.24, 2.45) is 5.73 Å². The monoisotopic (exact) mass is 457 g/mol. The highest BCUT2D eigenvalue weighted by Crippen LogP contribution is 2.39. The Bertz CT molecular complexity index is 1290. The molecule has 1 aliphatic rings. The highest BCUT2D eigenvalue weighted by molar-refractivity contribution is 6.37. The number of amides is 1. The maximum absolute atomic E-state index is 13.1. The second-order valence-corrected chi connectivity index (χ2v) is 8.58. The molecular formula is C27H27N3O4. The summed E-state index contributed by atoms with van der Waals surface area (Å²) in [5.74, 6) is -0.0881. The van der Waals surface area contributed by atoms with Gasteiger partial charge in [-0.1, -0.05) is 42.5 Å². The third-order valence-corrected chi connectivity index (χ3v) is 5.66. The van der Waals surface area contributed by atoms with E-state index in [1.165, 1.54) is 7.11 Å². The SMILES string of the molecule is COC(=O)c1ccc2c(c1)NC(=O)C2=C(Nc1ccc(C(C)(C)N)c(OC)c1)c1ccccc1. The summed E-state index contributed by atoms with van der Waals surface area (Å²) in [5.41, 5.74) is 10.9. The Morgan fingerprint density at radius 1 is 0.971 bits per heavy atom. The minimum Gasteiger partial charge on any atom is -0.496 e. The molecule has 4 rings (SSSR count). The Labute approximate surface area is 198 Å². The molecule has 7 heteroatoms. The van der Waals surface area contributed by atoms with Gasteiger partial charge in [0.25, 0.3) is 5.91 Å². The molecule has 0 bridgehead atoms. The largest absolute Gasteiger partial charge is 0.496 e. The van der Waals surface area contributed by atoms with Gasteiger partial charge in [0.1, 0.15) is 5.75 Å². The van der Waals surface area contributed by atoms with Crippen molar-refractivity contribution in [1.29, 1.82) is 0 Å². The summed E-state index contributed by atoms with van der Waals surface area (Å²) in [6.45, 7) is 3.83. The fourth-order valence-corrected chi connectivity index (χ4v) is 4.00. The van der Waals surface area contributed by atoms with E-state index in [9.17, 15) is 9.59 Å². The fraction of sp³-hybridized carbons (Fsp3) is 0.185. The zero-order chi connectivity index (χ0) is 24.5. The van der Waals surface area contributed by atoms with E-state index in [-0.39, 0.29) is 5.91 Å². The van der Waals surface area contributed by atoms with Crippen molar-refractivity contribution in [2.75, 3.05) is 24.9 Å². The zero-order valence-electron chi connectivity index (χ0n) is 19.6. The molecule has 3 aromatic rings. The van der Waals surface area contributed by atoms with Crippen LogP contribution in [0, 0.1) is 0 Å². The first-order valence-corrected chi connectivity index (χ1v) is 10.8. The molecule has 1 heterocycles. The topological polar surface area (TPSA) is 103 Å². The number of hydrogen-bond donors (Lipinski definition) is 3. The molecule has 0 fully saturated rings. The summed E-state index contributed by atoms with van der Waals surface area (Å²) in [4.78, 5) is 25.1. The van der Waals surface area contributed by atoms with Gasteiger partial charge in [-0.05, 0) is 37.6 Å². The van der Waals surface area contributed by atoms with E-state index in [0.717, 1.165) is 16.8 Å². The molecule has 0 radical (unpaired) electrons. The molecule has 0 saturated carbocycles. The van der Waals surface area contributed by atoms with Crippen LogP contribution in [0.1, 0.15) is 40.9 Å². The molecule has 1 amide bonds. The van der Waals surface area contributed by atoms with E-state index in [2.05, 4.69) is 10.6 Å². The highest BCUT2D eigenvalue weighted by Gasteiger charge is 2.29. The zero-order valence-corrected chi connectivity index (χ0v) is 19.6. The van der Waals surface area contributed by atoms with E-state index in [1.54, 1.807) is 25.3 Å². The standard InChI is InChI=1S/C27H27N3O4/c1-27(2,28)20-13-11-18(15-22(20)33-3)29-24(16-8-6-5-7-9-16)23-19-12-10-17(26(32)34-4)14-21(19)30-25(23)31/h5-15,29H,28H2,1-4H3,(H,30,31). The molecule has 174 valence electrons. The van der Waals surface area contributed by atoms with E-state index in [0.29, 0.717) is 33.8 Å². The molecule has 4 N–H and O–H groups in total. The Morgan fingerprint density at radius 3 is 2.35 bits per heavy atom. The molecule has 1 aliphatic heterocycles. The summed E-state index contributed by atoms with van der Waals surface area (Å²) >= 11 is 0.